The van der Waals surface area contributed by atoms with Crippen molar-refractivity contribution < 1.29 is 28.8 Å². The average Bonchev–Trinajstić information content (AvgIpc) is 2.63. The summed E-state index contributed by atoms with van der Waals surface area (Å²) in [6, 6.07) is 7.19. The Morgan fingerprint density at radius 1 is 1.35 bits per heavy atom. The van der Waals surface area contributed by atoms with E-state index < -0.39 is 30.5 Å². The number of carbonyl (C=O) groups is 1. The summed E-state index contributed by atoms with van der Waals surface area (Å²) >= 11 is 0. The van der Waals surface area contributed by atoms with E-state index in [0.29, 0.717) is 28.3 Å². The van der Waals surface area contributed by atoms with Crippen molar-refractivity contribution in [1.29, 1.82) is 0 Å². The van der Waals surface area contributed by atoms with E-state index in [9.17, 15) is 13.6 Å². The second kappa shape index (κ2) is 7.29. The summed E-state index contributed by atoms with van der Waals surface area (Å²) in [4.78, 5) is 12.5. The summed E-state index contributed by atoms with van der Waals surface area (Å²) < 4.78 is 38.1. The quantitative estimate of drug-likeness (QED) is 0.876. The maximum atomic E-state index is 14.2. The number of benzene rings is 2. The maximum Gasteiger partial charge on any atom is 0.265 e. The summed E-state index contributed by atoms with van der Waals surface area (Å²) in [5.41, 5.74) is 6.02. The maximum absolute atomic E-state index is 14.2. The van der Waals surface area contributed by atoms with Crippen molar-refractivity contribution in [2.75, 3.05) is 6.61 Å². The fourth-order valence-corrected chi connectivity index (χ4v) is 2.79. The summed E-state index contributed by atoms with van der Waals surface area (Å²) in [6.45, 7) is 2.92. The molecular formula is C19H21F2N2O3+. The molecular weight excluding hydrogens is 342 g/mol. The number of aryl methyl sites for hydroxylation is 1. The summed E-state index contributed by atoms with van der Waals surface area (Å²) in [5, 5.41) is 2.73. The van der Waals surface area contributed by atoms with Crippen LogP contribution in [0.25, 0.3) is 0 Å². The van der Waals surface area contributed by atoms with Gasteiger partial charge in [-0.2, -0.15) is 0 Å². The number of quaternary nitrogens is 1. The lowest BCUT2D eigenvalue weighted by molar-refractivity contribution is -0.255. The number of nitrogens with one attached hydrogen (secondary N) is 1. The van der Waals surface area contributed by atoms with Crippen molar-refractivity contribution in [3.8, 4) is 11.5 Å². The fourth-order valence-electron chi connectivity index (χ4n) is 2.79. The number of amides is 1. The Bertz CT molecular complexity index is 842. The topological polar surface area (TPSA) is 75.2 Å². The highest BCUT2D eigenvalue weighted by atomic mass is 19.1. The zero-order valence-corrected chi connectivity index (χ0v) is 14.6. The van der Waals surface area contributed by atoms with Crippen molar-refractivity contribution in [3.05, 3.63) is 52.8 Å². The van der Waals surface area contributed by atoms with Crippen molar-refractivity contribution in [2.24, 2.45) is 0 Å². The van der Waals surface area contributed by atoms with Gasteiger partial charge in [0.25, 0.3) is 5.91 Å². The summed E-state index contributed by atoms with van der Waals surface area (Å²) in [7, 11) is 0. The normalized spacial score (nSPS) is 16.9. The molecule has 3 rings (SSSR count). The van der Waals surface area contributed by atoms with Crippen LogP contribution in [0.4, 0.5) is 14.5 Å². The van der Waals surface area contributed by atoms with Crippen LogP contribution in [0.2, 0.25) is 0 Å². The molecule has 1 heterocycles. The summed E-state index contributed by atoms with van der Waals surface area (Å²) in [6.07, 6.45) is -0.893. The molecule has 0 aromatic heterocycles. The molecule has 0 bridgehead atoms. The van der Waals surface area contributed by atoms with Gasteiger partial charge in [-0.1, -0.05) is 6.07 Å². The third-order valence-corrected chi connectivity index (χ3v) is 4.39. The molecule has 138 valence electrons. The largest absolute Gasteiger partial charge is 0.485 e. The van der Waals surface area contributed by atoms with E-state index in [0.717, 1.165) is 5.56 Å². The van der Waals surface area contributed by atoms with Crippen LogP contribution in [0.1, 0.15) is 29.7 Å². The second-order valence-electron chi connectivity index (χ2n) is 6.36. The Balaban J connectivity index is 1.71. The van der Waals surface area contributed by atoms with Crippen LogP contribution in [0.5, 0.6) is 11.5 Å². The first-order chi connectivity index (χ1) is 12.4. The molecule has 1 amide bonds. The van der Waals surface area contributed by atoms with Crippen LogP contribution in [0.15, 0.2) is 30.3 Å². The van der Waals surface area contributed by atoms with Crippen LogP contribution < -0.4 is 20.5 Å². The molecule has 26 heavy (non-hydrogen) atoms. The molecule has 0 saturated heterocycles. The number of ether oxygens (including phenoxy) is 2. The lowest BCUT2D eigenvalue weighted by Gasteiger charge is -2.27. The number of carbonyl (C=O) groups excluding carboxylic acids is 1. The Kier molecular flexibility index (Phi) is 5.08. The predicted molar refractivity (Wildman–Crippen MR) is 91.4 cm³/mol. The molecule has 0 saturated carbocycles. The van der Waals surface area contributed by atoms with E-state index in [1.807, 2.05) is 6.92 Å². The van der Waals surface area contributed by atoms with Crippen molar-refractivity contribution in [3.63, 3.8) is 0 Å². The molecule has 1 unspecified atom stereocenters. The minimum Gasteiger partial charge on any atom is -0.485 e. The molecule has 2 aromatic carbocycles. The zero-order valence-electron chi connectivity index (χ0n) is 14.6. The SMILES string of the molecule is Cc1cc([C@@H](C)NC(=O)C2COc3ccc(CF)cc3O2)c(F)cc1[NH3+]. The lowest BCUT2D eigenvalue weighted by Crippen LogP contribution is -2.45. The van der Waals surface area contributed by atoms with Gasteiger partial charge in [0.1, 0.15) is 24.8 Å². The third kappa shape index (κ3) is 3.62. The highest BCUT2D eigenvalue weighted by Crippen LogP contribution is 2.33. The molecule has 1 aliphatic rings. The highest BCUT2D eigenvalue weighted by Gasteiger charge is 2.29. The predicted octanol–water partition coefficient (Wildman–Crippen LogP) is 2.49. The van der Waals surface area contributed by atoms with E-state index in [2.05, 4.69) is 11.1 Å². The number of halogens is 2. The Morgan fingerprint density at radius 3 is 2.85 bits per heavy atom. The van der Waals surface area contributed by atoms with E-state index in [1.54, 1.807) is 25.1 Å². The van der Waals surface area contributed by atoms with Crippen LogP contribution in [-0.2, 0) is 11.5 Å². The fraction of sp³-hybridized carbons (Fsp3) is 0.316. The number of hydrogen-bond acceptors (Lipinski definition) is 3. The molecule has 7 heteroatoms. The van der Waals surface area contributed by atoms with Gasteiger partial charge in [0.15, 0.2) is 11.5 Å². The Labute approximate surface area is 150 Å². The first-order valence-electron chi connectivity index (χ1n) is 8.29. The van der Waals surface area contributed by atoms with Gasteiger partial charge in [-0.05, 0) is 37.6 Å². The number of hydrogen-bond donors (Lipinski definition) is 2. The van der Waals surface area contributed by atoms with Crippen LogP contribution in [-0.4, -0.2) is 18.6 Å². The standard InChI is InChI=1S/C19H20F2N2O3/c1-10-5-13(14(21)7-15(10)22)11(2)23-19(24)18-9-25-16-4-3-12(8-20)6-17(16)26-18/h3-7,11,18H,8-9,22H2,1-2H3,(H,23,24)/p+1/t11-,18?/m1/s1. The summed E-state index contributed by atoms with van der Waals surface area (Å²) in [5.74, 6) is -0.0636. The van der Waals surface area contributed by atoms with Gasteiger partial charge in [-0.3, -0.25) is 4.79 Å². The van der Waals surface area contributed by atoms with Gasteiger partial charge in [0, 0.05) is 17.2 Å². The van der Waals surface area contributed by atoms with Crippen LogP contribution >= 0.6 is 0 Å². The number of rotatable bonds is 4. The molecule has 5 nitrogen and oxygen atoms in total. The molecule has 0 fully saturated rings. The van der Waals surface area contributed by atoms with Gasteiger partial charge in [0.2, 0.25) is 6.10 Å². The second-order valence-corrected chi connectivity index (χ2v) is 6.36. The van der Waals surface area contributed by atoms with Gasteiger partial charge >= 0.3 is 0 Å². The highest BCUT2D eigenvalue weighted by molar-refractivity contribution is 5.82. The van der Waals surface area contributed by atoms with Gasteiger partial charge in [0.05, 0.1) is 6.04 Å². The molecule has 2 aromatic rings. The van der Waals surface area contributed by atoms with Crippen LogP contribution in [0.3, 0.4) is 0 Å². The van der Waals surface area contributed by atoms with Gasteiger partial charge in [-0.25, -0.2) is 8.78 Å². The van der Waals surface area contributed by atoms with E-state index >= 15 is 0 Å². The third-order valence-electron chi connectivity index (χ3n) is 4.39. The van der Waals surface area contributed by atoms with Crippen LogP contribution in [0, 0.1) is 12.7 Å². The minimum absolute atomic E-state index is 0.0276. The van der Waals surface area contributed by atoms with E-state index in [-0.39, 0.29) is 6.61 Å². The molecule has 1 aliphatic heterocycles. The molecule has 0 aliphatic carbocycles. The number of alkyl halides is 1. The molecule has 4 N–H and O–H groups in total. The monoisotopic (exact) mass is 363 g/mol. The lowest BCUT2D eigenvalue weighted by atomic mass is 10.0. The first-order valence-corrected chi connectivity index (χ1v) is 8.29. The van der Waals surface area contributed by atoms with Gasteiger partial charge in [-0.15, -0.1) is 0 Å². The first kappa shape index (κ1) is 18.1. The van der Waals surface area contributed by atoms with E-state index in [1.165, 1.54) is 12.1 Å². The van der Waals surface area contributed by atoms with Crippen molar-refractivity contribution >= 4 is 11.6 Å². The van der Waals surface area contributed by atoms with Crippen molar-refractivity contribution in [2.45, 2.75) is 32.7 Å². The van der Waals surface area contributed by atoms with E-state index in [4.69, 9.17) is 9.47 Å². The Morgan fingerprint density at radius 2 is 2.12 bits per heavy atom. The minimum atomic E-state index is -0.893. The van der Waals surface area contributed by atoms with Gasteiger partial charge < -0.3 is 20.5 Å². The molecule has 0 radical (unpaired) electrons. The zero-order chi connectivity index (χ0) is 18.8. The number of fused-ring (bicyclic) bond motifs is 1. The smallest absolute Gasteiger partial charge is 0.265 e. The molecule has 0 spiro atoms. The Hall–Kier alpha value is -2.67. The van der Waals surface area contributed by atoms with Crippen molar-refractivity contribution in [1.82, 2.24) is 5.32 Å². The average molecular weight is 363 g/mol. The molecule has 2 atom stereocenters.